The van der Waals surface area contributed by atoms with E-state index in [1.165, 1.54) is 6.07 Å². The zero-order valence-corrected chi connectivity index (χ0v) is 16.8. The molecule has 1 atom stereocenters. The van der Waals surface area contributed by atoms with Crippen LogP contribution in [0, 0.1) is 12.7 Å². The Kier molecular flexibility index (Phi) is 4.85. The first-order valence-corrected chi connectivity index (χ1v) is 10.2. The van der Waals surface area contributed by atoms with E-state index in [1.54, 1.807) is 6.07 Å². The van der Waals surface area contributed by atoms with Gasteiger partial charge in [0.25, 0.3) is 0 Å². The van der Waals surface area contributed by atoms with Gasteiger partial charge in [-0.05, 0) is 42.2 Å². The highest BCUT2D eigenvalue weighted by atomic mass is 19.1. The van der Waals surface area contributed by atoms with Crippen molar-refractivity contribution < 1.29 is 13.9 Å². The molecule has 0 aliphatic carbocycles. The summed E-state index contributed by atoms with van der Waals surface area (Å²) in [5, 5.41) is 9.72. The monoisotopic (exact) mass is 402 g/mol. The minimum atomic E-state index is -0.324. The average molecular weight is 402 g/mol. The van der Waals surface area contributed by atoms with Crippen molar-refractivity contribution in [1.29, 1.82) is 0 Å². The van der Waals surface area contributed by atoms with Crippen LogP contribution in [-0.4, -0.2) is 34.2 Å². The number of aliphatic hydroxyl groups is 1. The number of nitrogens with zero attached hydrogens (tertiary/aromatic N) is 2. The molecule has 152 valence electrons. The number of hydrogen-bond acceptors (Lipinski definition) is 4. The van der Waals surface area contributed by atoms with Crippen molar-refractivity contribution in [1.82, 2.24) is 9.88 Å². The molecule has 1 unspecified atom stereocenters. The number of benzene rings is 3. The molecular weight excluding hydrogens is 379 g/mol. The first-order valence-electron chi connectivity index (χ1n) is 10.2. The molecule has 1 aliphatic heterocycles. The summed E-state index contributed by atoms with van der Waals surface area (Å²) in [4.78, 5) is 6.73. The van der Waals surface area contributed by atoms with Gasteiger partial charge in [0, 0.05) is 36.8 Å². The molecule has 0 bridgehead atoms. The second kappa shape index (κ2) is 7.67. The molecule has 5 rings (SSSR count). The molecule has 0 spiro atoms. The highest BCUT2D eigenvalue weighted by Gasteiger charge is 2.22. The Hall–Kier alpha value is -3.02. The lowest BCUT2D eigenvalue weighted by Crippen LogP contribution is -2.22. The van der Waals surface area contributed by atoms with Crippen LogP contribution in [-0.2, 0) is 6.54 Å². The van der Waals surface area contributed by atoms with Crippen LogP contribution < -0.4 is 0 Å². The first-order chi connectivity index (χ1) is 14.6. The number of halogens is 1. The summed E-state index contributed by atoms with van der Waals surface area (Å²) in [6.07, 6.45) is 0.407. The van der Waals surface area contributed by atoms with E-state index in [9.17, 15) is 9.50 Å². The van der Waals surface area contributed by atoms with E-state index in [1.807, 2.05) is 30.3 Å². The molecule has 0 saturated carbocycles. The lowest BCUT2D eigenvalue weighted by atomic mass is 9.96. The fourth-order valence-electron chi connectivity index (χ4n) is 4.22. The topological polar surface area (TPSA) is 49.5 Å². The van der Waals surface area contributed by atoms with E-state index in [-0.39, 0.29) is 11.9 Å². The molecular formula is C25H23FN2O2. The quantitative estimate of drug-likeness (QED) is 0.511. The Balaban J connectivity index is 1.51. The van der Waals surface area contributed by atoms with Gasteiger partial charge in [0.1, 0.15) is 11.3 Å². The summed E-state index contributed by atoms with van der Waals surface area (Å²) < 4.78 is 20.6. The van der Waals surface area contributed by atoms with Gasteiger partial charge in [-0.15, -0.1) is 0 Å². The molecule has 1 saturated heterocycles. The van der Waals surface area contributed by atoms with Gasteiger partial charge in [-0.25, -0.2) is 9.37 Å². The van der Waals surface area contributed by atoms with E-state index in [4.69, 9.17) is 4.42 Å². The number of oxazole rings is 1. The Morgan fingerprint density at radius 1 is 1.10 bits per heavy atom. The summed E-state index contributed by atoms with van der Waals surface area (Å²) in [7, 11) is 0. The minimum Gasteiger partial charge on any atom is -0.436 e. The molecule has 1 aromatic heterocycles. The van der Waals surface area contributed by atoms with Gasteiger partial charge in [0.05, 0.1) is 6.10 Å². The summed E-state index contributed by atoms with van der Waals surface area (Å²) in [6.45, 7) is 3.86. The number of aromatic nitrogens is 1. The summed E-state index contributed by atoms with van der Waals surface area (Å²) in [5.41, 5.74) is 5.89. The SMILES string of the molecule is Cc1c(-c2ccccc2)cccc1-c1nc2cc(CN3CCC(O)C3)c(F)cc2o1. The molecule has 3 aromatic carbocycles. The summed E-state index contributed by atoms with van der Waals surface area (Å²) in [6, 6.07) is 19.4. The van der Waals surface area contributed by atoms with Crippen LogP contribution >= 0.6 is 0 Å². The van der Waals surface area contributed by atoms with E-state index in [2.05, 4.69) is 35.0 Å². The number of rotatable bonds is 4. The molecule has 1 fully saturated rings. The van der Waals surface area contributed by atoms with Crippen molar-refractivity contribution >= 4 is 11.1 Å². The third-order valence-corrected chi connectivity index (χ3v) is 5.85. The Morgan fingerprint density at radius 3 is 2.67 bits per heavy atom. The molecule has 4 aromatic rings. The number of hydrogen-bond donors (Lipinski definition) is 1. The zero-order chi connectivity index (χ0) is 20.7. The Labute approximate surface area is 174 Å². The third-order valence-electron chi connectivity index (χ3n) is 5.85. The van der Waals surface area contributed by atoms with Gasteiger partial charge < -0.3 is 9.52 Å². The standard InChI is InChI=1S/C25H23FN2O2/c1-16-20(17-6-3-2-4-7-17)8-5-9-21(16)25-27-23-12-18(22(26)13-24(23)30-25)14-28-11-10-19(29)15-28/h2-9,12-13,19,29H,10-11,14-15H2,1H3. The van der Waals surface area contributed by atoms with Gasteiger partial charge in [0.2, 0.25) is 5.89 Å². The van der Waals surface area contributed by atoms with E-state index >= 15 is 0 Å². The lowest BCUT2D eigenvalue weighted by Gasteiger charge is -2.15. The number of β-amino-alcohol motifs (C(OH)–C–C–N with tert-alkyl or cyclic N) is 1. The molecule has 2 heterocycles. The van der Waals surface area contributed by atoms with E-state index < -0.39 is 0 Å². The second-order valence-electron chi connectivity index (χ2n) is 7.95. The summed E-state index contributed by atoms with van der Waals surface area (Å²) in [5.74, 6) is 0.190. The highest BCUT2D eigenvalue weighted by molar-refractivity contribution is 5.80. The van der Waals surface area contributed by atoms with Crippen LogP contribution in [0.2, 0.25) is 0 Å². The Morgan fingerprint density at radius 2 is 1.90 bits per heavy atom. The maximum Gasteiger partial charge on any atom is 0.227 e. The van der Waals surface area contributed by atoms with Gasteiger partial charge in [-0.2, -0.15) is 0 Å². The molecule has 0 amide bonds. The van der Waals surface area contributed by atoms with Crippen molar-refractivity contribution in [3.05, 3.63) is 77.6 Å². The fourth-order valence-corrected chi connectivity index (χ4v) is 4.22. The molecule has 5 heteroatoms. The average Bonchev–Trinajstić information content (AvgIpc) is 3.34. The van der Waals surface area contributed by atoms with E-state index in [0.717, 1.165) is 35.2 Å². The van der Waals surface area contributed by atoms with Crippen LogP contribution in [0.5, 0.6) is 0 Å². The fraction of sp³-hybridized carbons (Fsp3) is 0.240. The van der Waals surface area contributed by atoms with Crippen molar-refractivity contribution in [3.63, 3.8) is 0 Å². The van der Waals surface area contributed by atoms with Gasteiger partial charge >= 0.3 is 0 Å². The van der Waals surface area contributed by atoms with Crippen LogP contribution in [0.1, 0.15) is 17.5 Å². The predicted octanol–water partition coefficient (Wildman–Crippen LogP) is 5.18. The normalized spacial score (nSPS) is 17.1. The molecule has 4 nitrogen and oxygen atoms in total. The number of aliphatic hydroxyl groups excluding tert-OH is 1. The smallest absolute Gasteiger partial charge is 0.227 e. The highest BCUT2D eigenvalue weighted by Crippen LogP contribution is 2.33. The molecule has 1 N–H and O–H groups in total. The third kappa shape index (κ3) is 3.51. The minimum absolute atomic E-state index is 0.304. The predicted molar refractivity (Wildman–Crippen MR) is 115 cm³/mol. The van der Waals surface area contributed by atoms with Crippen molar-refractivity contribution in [2.75, 3.05) is 13.1 Å². The second-order valence-corrected chi connectivity index (χ2v) is 7.95. The molecule has 30 heavy (non-hydrogen) atoms. The number of likely N-dealkylation sites (tertiary alicyclic amines) is 1. The summed E-state index contributed by atoms with van der Waals surface area (Å²) >= 11 is 0. The van der Waals surface area contributed by atoms with Crippen LogP contribution in [0.4, 0.5) is 4.39 Å². The maximum absolute atomic E-state index is 14.7. The van der Waals surface area contributed by atoms with Gasteiger partial charge in [-0.3, -0.25) is 4.90 Å². The molecule has 1 aliphatic rings. The first kappa shape index (κ1) is 19.0. The largest absolute Gasteiger partial charge is 0.436 e. The lowest BCUT2D eigenvalue weighted by molar-refractivity contribution is 0.174. The van der Waals surface area contributed by atoms with Crippen LogP contribution in [0.3, 0.4) is 0 Å². The van der Waals surface area contributed by atoms with Crippen molar-refractivity contribution in [2.24, 2.45) is 0 Å². The van der Waals surface area contributed by atoms with Gasteiger partial charge in [0.15, 0.2) is 5.58 Å². The van der Waals surface area contributed by atoms with Gasteiger partial charge in [-0.1, -0.05) is 42.5 Å². The van der Waals surface area contributed by atoms with Crippen molar-refractivity contribution in [2.45, 2.75) is 26.0 Å². The van der Waals surface area contributed by atoms with E-state index in [0.29, 0.717) is 35.6 Å². The molecule has 0 radical (unpaired) electrons. The Bertz CT molecular complexity index is 1200. The zero-order valence-electron chi connectivity index (χ0n) is 16.8. The van der Waals surface area contributed by atoms with Crippen LogP contribution in [0.15, 0.2) is 65.1 Å². The van der Waals surface area contributed by atoms with Crippen LogP contribution in [0.25, 0.3) is 33.7 Å². The maximum atomic E-state index is 14.7. The number of fused-ring (bicyclic) bond motifs is 1. The van der Waals surface area contributed by atoms with Crippen molar-refractivity contribution in [3.8, 4) is 22.6 Å².